The minimum atomic E-state index is -4.66. The Morgan fingerprint density at radius 3 is 2.68 bits per heavy atom. The van der Waals surface area contributed by atoms with Crippen LogP contribution in [0.1, 0.15) is 17.0 Å². The topological polar surface area (TPSA) is 63.8 Å². The van der Waals surface area contributed by atoms with E-state index in [1.54, 1.807) is 19.1 Å². The van der Waals surface area contributed by atoms with Crippen molar-refractivity contribution < 1.29 is 22.1 Å². The van der Waals surface area contributed by atoms with E-state index in [-0.39, 0.29) is 23.8 Å². The maximum absolute atomic E-state index is 13.2. The first-order chi connectivity index (χ1) is 11.8. The normalized spacial score (nSPS) is 11.6. The van der Waals surface area contributed by atoms with Gasteiger partial charge in [0.2, 0.25) is 0 Å². The number of rotatable bonds is 4. The van der Waals surface area contributed by atoms with Gasteiger partial charge < -0.3 is 9.84 Å². The molecule has 0 spiro atoms. The van der Waals surface area contributed by atoms with Crippen LogP contribution in [0.3, 0.4) is 0 Å². The zero-order chi connectivity index (χ0) is 18.0. The monoisotopic (exact) mass is 352 g/mol. The minimum absolute atomic E-state index is 0.104. The summed E-state index contributed by atoms with van der Waals surface area (Å²) in [4.78, 5) is 8.17. The second-order valence-corrected chi connectivity index (χ2v) is 5.20. The Morgan fingerprint density at radius 1 is 1.20 bits per heavy atom. The van der Waals surface area contributed by atoms with Gasteiger partial charge in [-0.3, -0.25) is 0 Å². The van der Waals surface area contributed by atoms with Gasteiger partial charge >= 0.3 is 6.18 Å². The lowest BCUT2D eigenvalue weighted by Gasteiger charge is -2.14. The molecule has 25 heavy (non-hydrogen) atoms. The van der Waals surface area contributed by atoms with E-state index in [0.29, 0.717) is 17.5 Å². The lowest BCUT2D eigenvalue weighted by Crippen LogP contribution is -2.13. The molecular formula is C16H12F4N4O. The third-order valence-corrected chi connectivity index (χ3v) is 3.39. The molecule has 0 atom stereocenters. The van der Waals surface area contributed by atoms with E-state index >= 15 is 0 Å². The van der Waals surface area contributed by atoms with Crippen LogP contribution < -0.4 is 5.32 Å². The van der Waals surface area contributed by atoms with Gasteiger partial charge in [-0.1, -0.05) is 11.2 Å². The number of pyridine rings is 1. The van der Waals surface area contributed by atoms with Crippen molar-refractivity contribution in [2.75, 3.05) is 5.32 Å². The number of nitrogens with one attached hydrogen (secondary N) is 1. The van der Waals surface area contributed by atoms with Gasteiger partial charge in [0.05, 0.1) is 11.1 Å². The SMILES string of the molecule is Cc1noc(-c2cccnc2NCc2ccc(F)cc2C(F)(F)F)n1. The fraction of sp³-hybridized carbons (Fsp3) is 0.188. The number of alkyl halides is 3. The Balaban J connectivity index is 1.89. The first kappa shape index (κ1) is 16.9. The molecule has 2 heterocycles. The summed E-state index contributed by atoms with van der Waals surface area (Å²) >= 11 is 0. The van der Waals surface area contributed by atoms with Crippen molar-refractivity contribution in [1.82, 2.24) is 15.1 Å². The molecule has 3 rings (SSSR count). The Hall–Kier alpha value is -2.97. The predicted molar refractivity (Wildman–Crippen MR) is 81.0 cm³/mol. The number of nitrogens with zero attached hydrogens (tertiary/aromatic N) is 3. The van der Waals surface area contributed by atoms with E-state index in [2.05, 4.69) is 20.4 Å². The second kappa shape index (κ2) is 6.50. The summed E-state index contributed by atoms with van der Waals surface area (Å²) in [5.41, 5.74) is -0.683. The van der Waals surface area contributed by atoms with Crippen molar-refractivity contribution >= 4 is 5.82 Å². The average molecular weight is 352 g/mol. The molecule has 9 heteroatoms. The molecule has 0 aliphatic carbocycles. The van der Waals surface area contributed by atoms with Gasteiger partial charge in [-0.05, 0) is 36.8 Å². The lowest BCUT2D eigenvalue weighted by atomic mass is 10.1. The smallest absolute Gasteiger partial charge is 0.365 e. The Bertz CT molecular complexity index is 892. The highest BCUT2D eigenvalue weighted by Gasteiger charge is 2.33. The van der Waals surface area contributed by atoms with Crippen molar-refractivity contribution in [2.24, 2.45) is 0 Å². The predicted octanol–water partition coefficient (Wildman–Crippen LogP) is 4.21. The molecule has 0 aliphatic rings. The van der Waals surface area contributed by atoms with Gasteiger partial charge in [0.25, 0.3) is 5.89 Å². The standard InChI is InChI=1S/C16H12F4N4O/c1-9-23-15(25-24-9)12-3-2-6-21-14(12)22-8-10-4-5-11(17)7-13(10)16(18,19)20/h2-7H,8H2,1H3,(H,21,22). The summed E-state index contributed by atoms with van der Waals surface area (Å²) in [6.07, 6.45) is -3.18. The van der Waals surface area contributed by atoms with E-state index in [9.17, 15) is 17.6 Å². The third kappa shape index (κ3) is 3.76. The molecule has 0 radical (unpaired) electrons. The molecule has 0 bridgehead atoms. The summed E-state index contributed by atoms with van der Waals surface area (Å²) in [5.74, 6) is -0.0505. The maximum Gasteiger partial charge on any atom is 0.416 e. The summed E-state index contributed by atoms with van der Waals surface area (Å²) in [5, 5.41) is 6.48. The van der Waals surface area contributed by atoms with Crippen molar-refractivity contribution in [2.45, 2.75) is 19.6 Å². The molecule has 0 amide bonds. The second-order valence-electron chi connectivity index (χ2n) is 5.20. The van der Waals surface area contributed by atoms with Crippen LogP contribution in [-0.4, -0.2) is 15.1 Å². The van der Waals surface area contributed by atoms with Crippen LogP contribution in [-0.2, 0) is 12.7 Å². The highest BCUT2D eigenvalue weighted by Crippen LogP contribution is 2.33. The Labute approximate surface area is 139 Å². The lowest BCUT2D eigenvalue weighted by molar-refractivity contribution is -0.138. The average Bonchev–Trinajstić information content (AvgIpc) is 2.99. The molecule has 1 aromatic carbocycles. The van der Waals surface area contributed by atoms with E-state index in [1.807, 2.05) is 0 Å². The fourth-order valence-electron chi connectivity index (χ4n) is 2.27. The van der Waals surface area contributed by atoms with Crippen molar-refractivity contribution in [3.05, 3.63) is 59.3 Å². The molecule has 0 fully saturated rings. The number of hydrogen-bond donors (Lipinski definition) is 1. The molecule has 3 aromatic rings. The number of anilines is 1. The Morgan fingerprint density at radius 2 is 2.00 bits per heavy atom. The third-order valence-electron chi connectivity index (χ3n) is 3.39. The zero-order valence-corrected chi connectivity index (χ0v) is 12.9. The van der Waals surface area contributed by atoms with Gasteiger partial charge in [-0.25, -0.2) is 9.37 Å². The molecule has 1 N–H and O–H groups in total. The first-order valence-corrected chi connectivity index (χ1v) is 7.20. The molecular weight excluding hydrogens is 340 g/mol. The van der Waals surface area contributed by atoms with Crippen molar-refractivity contribution in [1.29, 1.82) is 0 Å². The highest BCUT2D eigenvalue weighted by molar-refractivity contribution is 5.68. The summed E-state index contributed by atoms with van der Waals surface area (Å²) in [6.45, 7) is 1.44. The molecule has 0 aliphatic heterocycles. The molecule has 0 saturated heterocycles. The quantitative estimate of drug-likeness (QED) is 0.713. The largest absolute Gasteiger partial charge is 0.416 e. The Kier molecular flexibility index (Phi) is 4.39. The summed E-state index contributed by atoms with van der Waals surface area (Å²) in [7, 11) is 0. The van der Waals surface area contributed by atoms with Crippen LogP contribution in [0.15, 0.2) is 41.1 Å². The summed E-state index contributed by atoms with van der Waals surface area (Å²) < 4.78 is 57.4. The van der Waals surface area contributed by atoms with Gasteiger partial charge in [-0.2, -0.15) is 18.2 Å². The van der Waals surface area contributed by atoms with Crippen LogP contribution in [0.4, 0.5) is 23.4 Å². The van der Waals surface area contributed by atoms with E-state index in [0.717, 1.165) is 12.1 Å². The zero-order valence-electron chi connectivity index (χ0n) is 12.9. The van der Waals surface area contributed by atoms with Gasteiger partial charge in [0.15, 0.2) is 5.82 Å². The molecule has 5 nitrogen and oxygen atoms in total. The highest BCUT2D eigenvalue weighted by atomic mass is 19.4. The molecule has 2 aromatic heterocycles. The maximum atomic E-state index is 13.2. The summed E-state index contributed by atoms with van der Waals surface area (Å²) in [6, 6.07) is 5.83. The minimum Gasteiger partial charge on any atom is -0.365 e. The van der Waals surface area contributed by atoms with Crippen LogP contribution in [0, 0.1) is 12.7 Å². The van der Waals surface area contributed by atoms with Crippen LogP contribution in [0.5, 0.6) is 0 Å². The number of aromatic nitrogens is 3. The van der Waals surface area contributed by atoms with Crippen LogP contribution >= 0.6 is 0 Å². The number of aryl methyl sites for hydroxylation is 1. The van der Waals surface area contributed by atoms with Gasteiger partial charge in [0.1, 0.15) is 11.6 Å². The van der Waals surface area contributed by atoms with E-state index < -0.39 is 17.6 Å². The van der Waals surface area contributed by atoms with Gasteiger partial charge in [-0.15, -0.1) is 0 Å². The fourth-order valence-corrected chi connectivity index (χ4v) is 2.27. The van der Waals surface area contributed by atoms with E-state index in [1.165, 1.54) is 6.20 Å². The number of hydrogen-bond acceptors (Lipinski definition) is 5. The van der Waals surface area contributed by atoms with Crippen LogP contribution in [0.25, 0.3) is 11.5 Å². The molecule has 0 unspecified atom stereocenters. The molecule has 0 saturated carbocycles. The molecule has 130 valence electrons. The van der Waals surface area contributed by atoms with Gasteiger partial charge in [0, 0.05) is 12.7 Å². The number of benzene rings is 1. The van der Waals surface area contributed by atoms with Crippen molar-refractivity contribution in [3.8, 4) is 11.5 Å². The number of halogens is 4. The van der Waals surface area contributed by atoms with E-state index in [4.69, 9.17) is 4.52 Å². The van der Waals surface area contributed by atoms with Crippen LogP contribution in [0.2, 0.25) is 0 Å². The first-order valence-electron chi connectivity index (χ1n) is 7.20. The van der Waals surface area contributed by atoms with Crippen molar-refractivity contribution in [3.63, 3.8) is 0 Å².